The average Bonchev–Trinajstić information content (AvgIpc) is 2.49. The Balaban J connectivity index is 1.94. The molecule has 0 heterocycles. The van der Waals surface area contributed by atoms with Gasteiger partial charge in [0, 0.05) is 11.4 Å². The standard InChI is InChI=1S/C17H20N2O2/c1-3-13-5-4-6-15(9-13)21-11-17(20)19-16-10-14(18)8-7-12(16)2/h4-10H,3,11,18H2,1-2H3,(H,19,20). The summed E-state index contributed by atoms with van der Waals surface area (Å²) in [4.78, 5) is 11.9. The number of hydrogen-bond donors (Lipinski definition) is 2. The summed E-state index contributed by atoms with van der Waals surface area (Å²) in [6.07, 6.45) is 0.936. The van der Waals surface area contributed by atoms with Crippen LogP contribution in [-0.2, 0) is 11.2 Å². The molecule has 0 saturated heterocycles. The molecule has 0 unspecified atom stereocenters. The van der Waals surface area contributed by atoms with Gasteiger partial charge in [-0.2, -0.15) is 0 Å². The minimum absolute atomic E-state index is 0.0264. The largest absolute Gasteiger partial charge is 0.484 e. The van der Waals surface area contributed by atoms with E-state index in [1.807, 2.05) is 37.3 Å². The van der Waals surface area contributed by atoms with Crippen molar-refractivity contribution in [1.82, 2.24) is 0 Å². The van der Waals surface area contributed by atoms with Crippen molar-refractivity contribution in [1.29, 1.82) is 0 Å². The smallest absolute Gasteiger partial charge is 0.262 e. The van der Waals surface area contributed by atoms with E-state index in [2.05, 4.69) is 12.2 Å². The summed E-state index contributed by atoms with van der Waals surface area (Å²) in [6, 6.07) is 13.2. The van der Waals surface area contributed by atoms with Gasteiger partial charge in [-0.1, -0.05) is 25.1 Å². The summed E-state index contributed by atoms with van der Waals surface area (Å²) in [5.74, 6) is 0.499. The summed E-state index contributed by atoms with van der Waals surface area (Å²) >= 11 is 0. The van der Waals surface area contributed by atoms with E-state index in [0.29, 0.717) is 17.1 Å². The Labute approximate surface area is 124 Å². The van der Waals surface area contributed by atoms with Crippen molar-refractivity contribution in [2.75, 3.05) is 17.7 Å². The summed E-state index contributed by atoms with van der Waals surface area (Å²) in [5, 5.41) is 2.81. The fourth-order valence-electron chi connectivity index (χ4n) is 1.96. The lowest BCUT2D eigenvalue weighted by atomic mass is 10.2. The van der Waals surface area contributed by atoms with E-state index in [4.69, 9.17) is 10.5 Å². The second-order valence-electron chi connectivity index (χ2n) is 4.91. The van der Waals surface area contributed by atoms with Crippen molar-refractivity contribution in [3.63, 3.8) is 0 Å². The minimum Gasteiger partial charge on any atom is -0.484 e. The van der Waals surface area contributed by atoms with Gasteiger partial charge in [0.15, 0.2) is 6.61 Å². The predicted molar refractivity (Wildman–Crippen MR) is 85.5 cm³/mol. The van der Waals surface area contributed by atoms with E-state index in [1.54, 1.807) is 12.1 Å². The molecule has 0 aliphatic heterocycles. The quantitative estimate of drug-likeness (QED) is 0.829. The van der Waals surface area contributed by atoms with Crippen molar-refractivity contribution < 1.29 is 9.53 Å². The number of benzene rings is 2. The molecular formula is C17H20N2O2. The van der Waals surface area contributed by atoms with E-state index in [0.717, 1.165) is 12.0 Å². The molecule has 0 bridgehead atoms. The van der Waals surface area contributed by atoms with Crippen LogP contribution in [0.4, 0.5) is 11.4 Å². The number of nitrogens with two attached hydrogens (primary N) is 1. The fourth-order valence-corrected chi connectivity index (χ4v) is 1.96. The van der Waals surface area contributed by atoms with Crippen LogP contribution in [0.1, 0.15) is 18.1 Å². The number of aryl methyl sites for hydroxylation is 2. The fraction of sp³-hybridized carbons (Fsp3) is 0.235. The molecule has 4 heteroatoms. The van der Waals surface area contributed by atoms with Crippen LogP contribution in [-0.4, -0.2) is 12.5 Å². The number of nitrogen functional groups attached to an aromatic ring is 1. The first kappa shape index (κ1) is 14.9. The minimum atomic E-state index is -0.203. The molecule has 0 aliphatic rings. The molecule has 0 fully saturated rings. The molecular weight excluding hydrogens is 264 g/mol. The van der Waals surface area contributed by atoms with Crippen LogP contribution >= 0.6 is 0 Å². The third kappa shape index (κ3) is 4.24. The van der Waals surface area contributed by atoms with Gasteiger partial charge in [-0.05, 0) is 48.7 Å². The van der Waals surface area contributed by atoms with E-state index in [-0.39, 0.29) is 12.5 Å². The highest BCUT2D eigenvalue weighted by Crippen LogP contribution is 2.18. The number of amides is 1. The van der Waals surface area contributed by atoms with Gasteiger partial charge in [0.1, 0.15) is 5.75 Å². The Hall–Kier alpha value is -2.49. The number of rotatable bonds is 5. The van der Waals surface area contributed by atoms with Gasteiger partial charge in [-0.15, -0.1) is 0 Å². The number of ether oxygens (including phenoxy) is 1. The van der Waals surface area contributed by atoms with Gasteiger partial charge >= 0.3 is 0 Å². The lowest BCUT2D eigenvalue weighted by molar-refractivity contribution is -0.118. The van der Waals surface area contributed by atoms with Crippen LogP contribution in [0.25, 0.3) is 0 Å². The second kappa shape index (κ2) is 6.79. The third-order valence-electron chi connectivity index (χ3n) is 3.21. The van der Waals surface area contributed by atoms with Crippen molar-refractivity contribution in [2.45, 2.75) is 20.3 Å². The number of hydrogen-bond acceptors (Lipinski definition) is 3. The van der Waals surface area contributed by atoms with Gasteiger partial charge in [0.25, 0.3) is 5.91 Å². The molecule has 0 aromatic heterocycles. The average molecular weight is 284 g/mol. The van der Waals surface area contributed by atoms with E-state index in [1.165, 1.54) is 5.56 Å². The van der Waals surface area contributed by atoms with Crippen molar-refractivity contribution in [2.24, 2.45) is 0 Å². The molecule has 0 spiro atoms. The molecule has 1 amide bonds. The molecule has 0 radical (unpaired) electrons. The Morgan fingerprint density at radius 2 is 2.05 bits per heavy atom. The van der Waals surface area contributed by atoms with Crippen molar-refractivity contribution >= 4 is 17.3 Å². The first-order chi connectivity index (χ1) is 10.1. The van der Waals surface area contributed by atoms with Crippen LogP contribution < -0.4 is 15.8 Å². The number of anilines is 2. The van der Waals surface area contributed by atoms with Crippen LogP contribution in [0.3, 0.4) is 0 Å². The molecule has 0 aliphatic carbocycles. The molecule has 4 nitrogen and oxygen atoms in total. The lowest BCUT2D eigenvalue weighted by Gasteiger charge is -2.10. The summed E-state index contributed by atoms with van der Waals surface area (Å²) in [5.41, 5.74) is 9.19. The third-order valence-corrected chi connectivity index (χ3v) is 3.21. The maximum Gasteiger partial charge on any atom is 0.262 e. The summed E-state index contributed by atoms with van der Waals surface area (Å²) < 4.78 is 5.51. The van der Waals surface area contributed by atoms with Gasteiger partial charge in [-0.3, -0.25) is 4.79 Å². The Bertz CT molecular complexity index is 638. The van der Waals surface area contributed by atoms with E-state index >= 15 is 0 Å². The highest BCUT2D eigenvalue weighted by atomic mass is 16.5. The van der Waals surface area contributed by atoms with Crippen LogP contribution in [0, 0.1) is 6.92 Å². The van der Waals surface area contributed by atoms with Gasteiger partial charge in [-0.25, -0.2) is 0 Å². The Kier molecular flexibility index (Phi) is 4.82. The van der Waals surface area contributed by atoms with Crippen molar-refractivity contribution in [3.05, 3.63) is 53.6 Å². The predicted octanol–water partition coefficient (Wildman–Crippen LogP) is 3.16. The first-order valence-corrected chi connectivity index (χ1v) is 6.96. The molecule has 0 atom stereocenters. The first-order valence-electron chi connectivity index (χ1n) is 6.96. The monoisotopic (exact) mass is 284 g/mol. The molecule has 0 saturated carbocycles. The highest BCUT2D eigenvalue weighted by Gasteiger charge is 2.06. The van der Waals surface area contributed by atoms with Crippen LogP contribution in [0.5, 0.6) is 5.75 Å². The van der Waals surface area contributed by atoms with E-state index < -0.39 is 0 Å². The zero-order valence-corrected chi connectivity index (χ0v) is 12.3. The van der Waals surface area contributed by atoms with Gasteiger partial charge in [0.05, 0.1) is 0 Å². The summed E-state index contributed by atoms with van der Waals surface area (Å²) in [6.45, 7) is 3.97. The zero-order chi connectivity index (χ0) is 15.2. The molecule has 2 rings (SSSR count). The highest BCUT2D eigenvalue weighted by molar-refractivity contribution is 5.93. The summed E-state index contributed by atoms with van der Waals surface area (Å²) in [7, 11) is 0. The van der Waals surface area contributed by atoms with Gasteiger partial charge in [0.2, 0.25) is 0 Å². The maximum atomic E-state index is 11.9. The van der Waals surface area contributed by atoms with Crippen LogP contribution in [0.15, 0.2) is 42.5 Å². The molecule has 3 N–H and O–H groups in total. The van der Waals surface area contributed by atoms with Gasteiger partial charge < -0.3 is 15.8 Å². The molecule has 110 valence electrons. The SMILES string of the molecule is CCc1cccc(OCC(=O)Nc2cc(N)ccc2C)c1. The van der Waals surface area contributed by atoms with Crippen molar-refractivity contribution in [3.8, 4) is 5.75 Å². The lowest BCUT2D eigenvalue weighted by Crippen LogP contribution is -2.20. The van der Waals surface area contributed by atoms with E-state index in [9.17, 15) is 4.79 Å². The zero-order valence-electron chi connectivity index (χ0n) is 12.3. The maximum absolute atomic E-state index is 11.9. The Morgan fingerprint density at radius 3 is 2.81 bits per heavy atom. The normalized spacial score (nSPS) is 10.2. The topological polar surface area (TPSA) is 64.3 Å². The molecule has 2 aromatic rings. The number of nitrogens with one attached hydrogen (secondary N) is 1. The second-order valence-corrected chi connectivity index (χ2v) is 4.91. The Morgan fingerprint density at radius 1 is 1.24 bits per heavy atom. The molecule has 2 aromatic carbocycles. The number of carbonyl (C=O) groups excluding carboxylic acids is 1. The molecule has 21 heavy (non-hydrogen) atoms. The van der Waals surface area contributed by atoms with Crippen LogP contribution in [0.2, 0.25) is 0 Å². The number of carbonyl (C=O) groups is 1.